The molecule has 9 atom stereocenters. The molecule has 5 rings (SSSR count). The van der Waals surface area contributed by atoms with Gasteiger partial charge in [0.1, 0.15) is 6.10 Å². The van der Waals surface area contributed by atoms with Gasteiger partial charge in [-0.3, -0.25) is 4.79 Å². The molecule has 30 heavy (non-hydrogen) atoms. The van der Waals surface area contributed by atoms with Gasteiger partial charge in [-0.2, -0.15) is 0 Å². The van der Waals surface area contributed by atoms with E-state index < -0.39 is 22.7 Å². The molecule has 0 radical (unpaired) electrons. The Labute approximate surface area is 176 Å². The summed E-state index contributed by atoms with van der Waals surface area (Å²) in [6, 6.07) is 3.05. The summed E-state index contributed by atoms with van der Waals surface area (Å²) in [5.41, 5.74) is -2.17. The fourth-order valence-corrected chi connectivity index (χ4v) is 8.09. The molecule has 6 heteroatoms. The standard InChI is InChI=1S/C24H32O6/c1-22-9-7-15(25)11-14(22)4-5-17-19(22)20(27)21(28)23(2)16(8-10-24(17,23)29)13-3-6-18(26)30-12-13/h3,6,12,14-17,19,21,25,28-29H,4-5,7-11H2,1-2H3/t14-,15-,16-,17+,19-,21-,22-,23-,24-/m0/s1. The molecule has 0 amide bonds. The maximum atomic E-state index is 13.7. The van der Waals surface area contributed by atoms with Gasteiger partial charge < -0.3 is 19.7 Å². The molecule has 0 saturated heterocycles. The van der Waals surface area contributed by atoms with E-state index in [0.29, 0.717) is 25.7 Å². The Bertz CT molecular complexity index is 904. The van der Waals surface area contributed by atoms with Gasteiger partial charge in [0, 0.05) is 17.4 Å². The minimum Gasteiger partial charge on any atom is -0.431 e. The maximum absolute atomic E-state index is 13.7. The number of rotatable bonds is 1. The number of hydrogen-bond donors (Lipinski definition) is 3. The molecule has 0 aromatic carbocycles. The summed E-state index contributed by atoms with van der Waals surface area (Å²) in [5.74, 6) is -0.752. The summed E-state index contributed by atoms with van der Waals surface area (Å²) in [7, 11) is 0. The van der Waals surface area contributed by atoms with E-state index in [0.717, 1.165) is 24.8 Å². The zero-order valence-corrected chi connectivity index (χ0v) is 17.7. The second-order valence-electron chi connectivity index (χ2n) is 10.8. The third-order valence-electron chi connectivity index (χ3n) is 9.80. The quantitative estimate of drug-likeness (QED) is 0.649. The molecule has 4 saturated carbocycles. The molecule has 4 aliphatic carbocycles. The van der Waals surface area contributed by atoms with E-state index >= 15 is 0 Å². The van der Waals surface area contributed by atoms with Crippen molar-refractivity contribution in [3.63, 3.8) is 0 Å². The molecule has 0 spiro atoms. The lowest BCUT2D eigenvalue weighted by Gasteiger charge is -2.63. The first-order valence-corrected chi connectivity index (χ1v) is 11.3. The minimum atomic E-state index is -1.27. The van der Waals surface area contributed by atoms with Crippen molar-refractivity contribution < 1.29 is 24.5 Å². The summed E-state index contributed by atoms with van der Waals surface area (Å²) in [5, 5.41) is 33.7. The topological polar surface area (TPSA) is 108 Å². The van der Waals surface area contributed by atoms with Crippen LogP contribution in [-0.4, -0.2) is 38.9 Å². The van der Waals surface area contributed by atoms with Gasteiger partial charge in [0.2, 0.25) is 0 Å². The zero-order valence-electron chi connectivity index (χ0n) is 17.7. The van der Waals surface area contributed by atoms with Crippen molar-refractivity contribution in [1.82, 2.24) is 0 Å². The SMILES string of the molecule is C[C@]12CC[C@H](O)C[C@@H]1CC[C@@H]1[C@H]2C(=O)[C@H](O)[C@]2(C)[C@H](c3ccc(=O)oc3)CC[C@]12O. The lowest BCUT2D eigenvalue weighted by Crippen LogP contribution is -2.70. The summed E-state index contributed by atoms with van der Waals surface area (Å²) in [6.07, 6.45) is 4.71. The van der Waals surface area contributed by atoms with E-state index in [2.05, 4.69) is 6.92 Å². The third-order valence-corrected chi connectivity index (χ3v) is 9.80. The van der Waals surface area contributed by atoms with E-state index in [1.165, 1.54) is 12.3 Å². The van der Waals surface area contributed by atoms with Crippen LogP contribution in [0.2, 0.25) is 0 Å². The van der Waals surface area contributed by atoms with Crippen LogP contribution >= 0.6 is 0 Å². The molecule has 3 N–H and O–H groups in total. The van der Waals surface area contributed by atoms with Gasteiger partial charge in [0.25, 0.3) is 0 Å². The number of carbonyl (C=O) groups is 1. The number of Topliss-reactive ketones (excluding diaryl/α,β-unsaturated/α-hetero) is 1. The molecular formula is C24H32O6. The lowest BCUT2D eigenvalue weighted by molar-refractivity contribution is -0.230. The van der Waals surface area contributed by atoms with Gasteiger partial charge in [-0.1, -0.05) is 13.8 Å². The summed E-state index contributed by atoms with van der Waals surface area (Å²) >= 11 is 0. The molecule has 1 aromatic heterocycles. The Hall–Kier alpha value is -1.50. The number of fused-ring (bicyclic) bond motifs is 5. The Balaban J connectivity index is 1.58. The van der Waals surface area contributed by atoms with Crippen LogP contribution in [0.25, 0.3) is 0 Å². The van der Waals surface area contributed by atoms with Crippen LogP contribution in [0.4, 0.5) is 0 Å². The first kappa shape index (κ1) is 20.4. The Morgan fingerprint density at radius 2 is 1.80 bits per heavy atom. The van der Waals surface area contributed by atoms with Crippen LogP contribution in [0.3, 0.4) is 0 Å². The number of hydrogen-bond acceptors (Lipinski definition) is 6. The molecule has 4 aliphatic rings. The molecule has 0 aliphatic heterocycles. The Kier molecular flexibility index (Phi) is 4.42. The summed E-state index contributed by atoms with van der Waals surface area (Å²) < 4.78 is 5.07. The first-order valence-electron chi connectivity index (χ1n) is 11.3. The van der Waals surface area contributed by atoms with Crippen molar-refractivity contribution in [2.45, 2.75) is 82.5 Å². The van der Waals surface area contributed by atoms with Gasteiger partial charge in [0.05, 0.1) is 18.0 Å². The van der Waals surface area contributed by atoms with E-state index in [1.54, 1.807) is 6.07 Å². The average Bonchev–Trinajstić information content (AvgIpc) is 3.00. The number of aliphatic hydroxyl groups excluding tert-OH is 2. The fourth-order valence-electron chi connectivity index (χ4n) is 8.09. The molecule has 164 valence electrons. The van der Waals surface area contributed by atoms with Crippen molar-refractivity contribution in [1.29, 1.82) is 0 Å². The van der Waals surface area contributed by atoms with Crippen LogP contribution in [0.5, 0.6) is 0 Å². The van der Waals surface area contributed by atoms with E-state index in [9.17, 15) is 24.9 Å². The maximum Gasteiger partial charge on any atom is 0.335 e. The van der Waals surface area contributed by atoms with Gasteiger partial charge in [-0.05, 0) is 79.7 Å². The number of carbonyl (C=O) groups excluding carboxylic acids is 1. The highest BCUT2D eigenvalue weighted by molar-refractivity contribution is 5.89. The molecule has 4 fully saturated rings. The molecule has 6 nitrogen and oxygen atoms in total. The van der Waals surface area contributed by atoms with Crippen molar-refractivity contribution in [3.8, 4) is 0 Å². The summed E-state index contributed by atoms with van der Waals surface area (Å²) in [6.45, 7) is 3.98. The molecule has 0 unspecified atom stereocenters. The second-order valence-corrected chi connectivity index (χ2v) is 10.8. The van der Waals surface area contributed by atoms with E-state index in [4.69, 9.17) is 4.42 Å². The van der Waals surface area contributed by atoms with Gasteiger partial charge in [-0.15, -0.1) is 0 Å². The van der Waals surface area contributed by atoms with Crippen LogP contribution in [0.15, 0.2) is 27.6 Å². The average molecular weight is 417 g/mol. The highest BCUT2D eigenvalue weighted by Crippen LogP contribution is 2.69. The second kappa shape index (κ2) is 6.50. The van der Waals surface area contributed by atoms with Crippen LogP contribution in [0.1, 0.15) is 70.3 Å². The number of ketones is 1. The highest BCUT2D eigenvalue weighted by atomic mass is 16.4. The van der Waals surface area contributed by atoms with Crippen molar-refractivity contribution in [2.24, 2.45) is 28.6 Å². The van der Waals surface area contributed by atoms with Crippen molar-refractivity contribution >= 4 is 5.78 Å². The van der Waals surface area contributed by atoms with Crippen molar-refractivity contribution in [3.05, 3.63) is 34.4 Å². The van der Waals surface area contributed by atoms with E-state index in [1.807, 2.05) is 6.92 Å². The largest absolute Gasteiger partial charge is 0.431 e. The van der Waals surface area contributed by atoms with Crippen LogP contribution in [-0.2, 0) is 4.79 Å². The Morgan fingerprint density at radius 1 is 1.03 bits per heavy atom. The molecule has 0 bridgehead atoms. The first-order chi connectivity index (χ1) is 14.1. The van der Waals surface area contributed by atoms with Gasteiger partial charge in [-0.25, -0.2) is 4.79 Å². The predicted molar refractivity (Wildman–Crippen MR) is 109 cm³/mol. The minimum absolute atomic E-state index is 0.153. The summed E-state index contributed by atoms with van der Waals surface area (Å²) in [4.78, 5) is 25.1. The smallest absolute Gasteiger partial charge is 0.335 e. The predicted octanol–water partition coefficient (Wildman–Crippen LogP) is 2.39. The van der Waals surface area contributed by atoms with Gasteiger partial charge in [0.15, 0.2) is 5.78 Å². The monoisotopic (exact) mass is 416 g/mol. The lowest BCUT2D eigenvalue weighted by atomic mass is 9.42. The highest BCUT2D eigenvalue weighted by Gasteiger charge is 2.73. The van der Waals surface area contributed by atoms with Gasteiger partial charge >= 0.3 is 5.63 Å². The zero-order chi connectivity index (χ0) is 21.5. The molecule has 1 heterocycles. The normalized spacial score (nSPS) is 50.5. The third kappa shape index (κ3) is 2.41. The fraction of sp³-hybridized carbons (Fsp3) is 0.750. The molecular weight excluding hydrogens is 384 g/mol. The molecule has 1 aromatic rings. The van der Waals surface area contributed by atoms with Crippen molar-refractivity contribution in [2.75, 3.05) is 0 Å². The van der Waals surface area contributed by atoms with E-state index in [-0.39, 0.29) is 41.0 Å². The number of aliphatic hydroxyl groups is 3. The van der Waals surface area contributed by atoms with Crippen LogP contribution in [0, 0.1) is 28.6 Å². The Morgan fingerprint density at radius 3 is 2.50 bits per heavy atom. The van der Waals surface area contributed by atoms with Crippen LogP contribution < -0.4 is 5.63 Å².